The molecule has 0 saturated carbocycles. The Hall–Kier alpha value is -1.80. The molecule has 0 saturated heterocycles. The highest BCUT2D eigenvalue weighted by molar-refractivity contribution is 7.93. The lowest BCUT2D eigenvalue weighted by atomic mass is 10.3. The van der Waals surface area contributed by atoms with Crippen LogP contribution in [0.4, 0.5) is 11.4 Å². The minimum absolute atomic E-state index is 0.0470. The number of carbonyl (C=O) groups is 2. The van der Waals surface area contributed by atoms with Gasteiger partial charge in [-0.1, -0.05) is 23.2 Å². The Kier molecular flexibility index (Phi) is 6.75. The summed E-state index contributed by atoms with van der Waals surface area (Å²) in [6, 6.07) is 8.48. The molecule has 0 aromatic heterocycles. The van der Waals surface area contributed by atoms with Crippen molar-refractivity contribution >= 4 is 67.4 Å². The largest absolute Gasteiger partial charge is 0.326 e. The lowest BCUT2D eigenvalue weighted by molar-refractivity contribution is -0.114. The van der Waals surface area contributed by atoms with Gasteiger partial charge in [-0.3, -0.25) is 13.9 Å². The van der Waals surface area contributed by atoms with Gasteiger partial charge in [-0.05, 0) is 61.0 Å². The van der Waals surface area contributed by atoms with E-state index in [1.165, 1.54) is 56.3 Å². The molecule has 2 aromatic carbocycles. The maximum absolute atomic E-state index is 13.2. The van der Waals surface area contributed by atoms with Crippen molar-refractivity contribution in [3.05, 3.63) is 52.5 Å². The molecule has 0 aliphatic rings. The highest BCUT2D eigenvalue weighted by atomic mass is 35.5. The molecule has 144 valence electrons. The summed E-state index contributed by atoms with van der Waals surface area (Å²) >= 11 is 17.6. The van der Waals surface area contributed by atoms with Gasteiger partial charge in [-0.15, -0.1) is 0 Å². The summed E-state index contributed by atoms with van der Waals surface area (Å²) < 4.78 is 27.2. The van der Waals surface area contributed by atoms with Gasteiger partial charge >= 0.3 is 0 Å². The molecule has 0 heterocycles. The molecule has 0 aliphatic heterocycles. The summed E-state index contributed by atoms with van der Waals surface area (Å²) in [5.41, 5.74) is 0.493. The fourth-order valence-electron chi connectivity index (χ4n) is 2.33. The average molecular weight is 450 g/mol. The number of carbonyl (C=O) groups excluding carboxylic acids is 2. The average Bonchev–Trinajstić information content (AvgIpc) is 2.56. The lowest BCUT2D eigenvalue weighted by Crippen LogP contribution is -2.42. The third-order valence-electron chi connectivity index (χ3n) is 3.56. The van der Waals surface area contributed by atoms with E-state index in [1.54, 1.807) is 0 Å². The van der Waals surface area contributed by atoms with E-state index in [4.69, 9.17) is 34.8 Å². The van der Waals surface area contributed by atoms with Gasteiger partial charge in [0.05, 0.1) is 15.6 Å². The first-order valence-electron chi connectivity index (χ1n) is 7.60. The zero-order valence-corrected chi connectivity index (χ0v) is 17.3. The zero-order chi connectivity index (χ0) is 20.4. The second-order valence-electron chi connectivity index (χ2n) is 5.58. The smallest absolute Gasteiger partial charge is 0.265 e. The van der Waals surface area contributed by atoms with Gasteiger partial charge in [-0.25, -0.2) is 8.42 Å². The van der Waals surface area contributed by atoms with E-state index >= 15 is 0 Å². The van der Waals surface area contributed by atoms with E-state index in [0.717, 1.165) is 4.31 Å². The summed E-state index contributed by atoms with van der Waals surface area (Å²) in [6.45, 7) is 2.69. The van der Waals surface area contributed by atoms with Gasteiger partial charge in [0.25, 0.3) is 10.0 Å². The van der Waals surface area contributed by atoms with Crippen molar-refractivity contribution in [1.29, 1.82) is 0 Å². The van der Waals surface area contributed by atoms with Gasteiger partial charge in [0.2, 0.25) is 11.1 Å². The molecule has 27 heavy (non-hydrogen) atoms. The Morgan fingerprint density at radius 1 is 1.07 bits per heavy atom. The third-order valence-corrected chi connectivity index (χ3v) is 6.31. The summed E-state index contributed by atoms with van der Waals surface area (Å²) in [4.78, 5) is 22.7. The van der Waals surface area contributed by atoms with Gasteiger partial charge in [0, 0.05) is 17.6 Å². The number of nitrogens with one attached hydrogen (secondary N) is 1. The first-order chi connectivity index (χ1) is 12.5. The van der Waals surface area contributed by atoms with Crippen LogP contribution in [0.3, 0.4) is 0 Å². The van der Waals surface area contributed by atoms with Crippen molar-refractivity contribution < 1.29 is 18.0 Å². The molecule has 2 aromatic rings. The Morgan fingerprint density at radius 3 is 2.15 bits per heavy atom. The standard InChI is InChI=1S/C17H15Cl3N2O4S/c1-10(17(20)24)22(16-8-3-12(18)9-15(16)19)27(25,26)14-6-4-13(5-7-14)21-11(2)23/h3-10H,1-2H3,(H,21,23). The van der Waals surface area contributed by atoms with Crippen LogP contribution in [-0.2, 0) is 19.6 Å². The monoisotopic (exact) mass is 448 g/mol. The summed E-state index contributed by atoms with van der Waals surface area (Å²) in [6.07, 6.45) is 0. The predicted molar refractivity (Wildman–Crippen MR) is 107 cm³/mol. The second kappa shape index (κ2) is 8.48. The van der Waals surface area contributed by atoms with Crippen LogP contribution in [0, 0.1) is 0 Å². The van der Waals surface area contributed by atoms with Crippen LogP contribution >= 0.6 is 34.8 Å². The fraction of sp³-hybridized carbons (Fsp3) is 0.176. The van der Waals surface area contributed by atoms with Gasteiger partial charge in [0.1, 0.15) is 6.04 Å². The summed E-state index contributed by atoms with van der Waals surface area (Å²) in [5, 5.41) is 2.02. The van der Waals surface area contributed by atoms with Crippen molar-refractivity contribution in [2.24, 2.45) is 0 Å². The van der Waals surface area contributed by atoms with Crippen LogP contribution in [0.2, 0.25) is 10.0 Å². The molecule has 1 amide bonds. The van der Waals surface area contributed by atoms with Gasteiger partial charge in [0.15, 0.2) is 0 Å². The highest BCUT2D eigenvalue weighted by Gasteiger charge is 2.34. The van der Waals surface area contributed by atoms with Crippen molar-refractivity contribution in [3.8, 4) is 0 Å². The third kappa shape index (κ3) is 4.93. The molecular formula is C17H15Cl3N2O4S. The quantitative estimate of drug-likeness (QED) is 0.666. The Bertz CT molecular complexity index is 978. The number of nitrogens with zero attached hydrogens (tertiary/aromatic N) is 1. The molecule has 1 N–H and O–H groups in total. The maximum atomic E-state index is 13.2. The van der Waals surface area contributed by atoms with E-state index < -0.39 is 21.3 Å². The van der Waals surface area contributed by atoms with Crippen LogP contribution in [0.15, 0.2) is 47.4 Å². The number of anilines is 2. The zero-order valence-electron chi connectivity index (χ0n) is 14.2. The summed E-state index contributed by atoms with van der Waals surface area (Å²) in [5.74, 6) is -0.290. The minimum atomic E-state index is -4.19. The summed E-state index contributed by atoms with van der Waals surface area (Å²) in [7, 11) is -4.19. The van der Waals surface area contributed by atoms with E-state index in [-0.39, 0.29) is 21.5 Å². The van der Waals surface area contributed by atoms with E-state index in [1.807, 2.05) is 0 Å². The number of hydrogen-bond acceptors (Lipinski definition) is 4. The molecule has 0 fully saturated rings. The molecular weight excluding hydrogens is 435 g/mol. The molecule has 0 radical (unpaired) electrons. The number of amides is 1. The number of rotatable bonds is 6. The molecule has 2 rings (SSSR count). The van der Waals surface area contributed by atoms with Crippen molar-refractivity contribution in [1.82, 2.24) is 0 Å². The normalized spacial score (nSPS) is 12.3. The Labute approximate surface area is 172 Å². The van der Waals surface area contributed by atoms with Crippen LogP contribution in [0.1, 0.15) is 13.8 Å². The minimum Gasteiger partial charge on any atom is -0.326 e. The second-order valence-corrected chi connectivity index (χ2v) is 8.61. The number of halogens is 3. The van der Waals surface area contributed by atoms with E-state index in [2.05, 4.69) is 5.32 Å². The highest BCUT2D eigenvalue weighted by Crippen LogP contribution is 2.34. The molecule has 0 bridgehead atoms. The van der Waals surface area contributed by atoms with Gasteiger partial charge < -0.3 is 5.32 Å². The van der Waals surface area contributed by atoms with Crippen LogP contribution in [-0.4, -0.2) is 25.6 Å². The molecule has 1 unspecified atom stereocenters. The van der Waals surface area contributed by atoms with Crippen LogP contribution in [0.25, 0.3) is 0 Å². The first-order valence-corrected chi connectivity index (χ1v) is 10.2. The number of benzene rings is 2. The number of sulfonamides is 1. The SMILES string of the molecule is CC(=O)Nc1ccc(S(=O)(=O)N(c2ccc(Cl)cc2Cl)C(C)C(=O)Cl)cc1. The predicted octanol–water partition coefficient (Wildman–Crippen LogP) is 4.30. The molecule has 10 heteroatoms. The van der Waals surface area contributed by atoms with E-state index in [9.17, 15) is 18.0 Å². The Morgan fingerprint density at radius 2 is 1.67 bits per heavy atom. The van der Waals surface area contributed by atoms with Gasteiger partial charge in [-0.2, -0.15) is 0 Å². The topological polar surface area (TPSA) is 83.6 Å². The van der Waals surface area contributed by atoms with Crippen LogP contribution in [0.5, 0.6) is 0 Å². The van der Waals surface area contributed by atoms with E-state index in [0.29, 0.717) is 10.7 Å². The molecule has 1 atom stereocenters. The lowest BCUT2D eigenvalue weighted by Gasteiger charge is -2.29. The maximum Gasteiger partial charge on any atom is 0.265 e. The van der Waals surface area contributed by atoms with Crippen molar-refractivity contribution in [2.75, 3.05) is 9.62 Å². The first kappa shape index (κ1) is 21.5. The Balaban J connectivity index is 2.56. The van der Waals surface area contributed by atoms with Crippen LogP contribution < -0.4 is 9.62 Å². The fourth-order valence-corrected chi connectivity index (χ4v) is 4.67. The molecule has 0 spiro atoms. The number of hydrogen-bond donors (Lipinski definition) is 1. The van der Waals surface area contributed by atoms with Crippen molar-refractivity contribution in [3.63, 3.8) is 0 Å². The molecule has 0 aliphatic carbocycles. The van der Waals surface area contributed by atoms with Crippen molar-refractivity contribution in [2.45, 2.75) is 24.8 Å². The molecule has 6 nitrogen and oxygen atoms in total.